The van der Waals surface area contributed by atoms with Gasteiger partial charge in [-0.1, -0.05) is 0 Å². The Morgan fingerprint density at radius 3 is 2.23 bits per heavy atom. The van der Waals surface area contributed by atoms with Crippen LogP contribution in [0.2, 0.25) is 0 Å². The Kier molecular flexibility index (Phi) is 5.05. The van der Waals surface area contributed by atoms with Crippen LogP contribution in [-0.2, 0) is 4.74 Å². The Bertz CT molecular complexity index is 546. The van der Waals surface area contributed by atoms with E-state index in [0.29, 0.717) is 36.3 Å². The third-order valence-corrected chi connectivity index (χ3v) is 3.66. The van der Waals surface area contributed by atoms with Gasteiger partial charge in [-0.2, -0.15) is 0 Å². The quantitative estimate of drug-likeness (QED) is 0.713. The molecule has 120 valence electrons. The highest BCUT2D eigenvalue weighted by molar-refractivity contribution is 9.10. The van der Waals surface area contributed by atoms with Gasteiger partial charge in [0.05, 0.1) is 5.56 Å². The predicted octanol–water partition coefficient (Wildman–Crippen LogP) is 2.54. The Hall–Kier alpha value is -1.63. The van der Waals surface area contributed by atoms with Crippen LogP contribution in [0.25, 0.3) is 0 Å². The zero-order chi connectivity index (χ0) is 16.3. The summed E-state index contributed by atoms with van der Waals surface area (Å²) >= 11 is 3.24. The molecule has 0 unspecified atom stereocenters. The fourth-order valence-electron chi connectivity index (χ4n) is 2.10. The van der Waals surface area contributed by atoms with Crippen molar-refractivity contribution in [3.63, 3.8) is 0 Å². The van der Waals surface area contributed by atoms with E-state index in [1.165, 1.54) is 0 Å². The van der Waals surface area contributed by atoms with Gasteiger partial charge in [0.15, 0.2) is 0 Å². The van der Waals surface area contributed by atoms with Crippen molar-refractivity contribution in [2.45, 2.75) is 26.4 Å². The van der Waals surface area contributed by atoms with Gasteiger partial charge in [-0.05, 0) is 48.8 Å². The minimum Gasteiger partial charge on any atom is -0.444 e. The third kappa shape index (κ3) is 4.43. The number of carbonyl (C=O) groups excluding carboxylic acids is 2. The Morgan fingerprint density at radius 1 is 1.14 bits per heavy atom. The molecule has 2 heterocycles. The SMILES string of the molecule is CC(C)(C)OC(=O)N1CCN(C(=O)c2ccc(Br)nc2)CC1. The molecule has 0 saturated carbocycles. The zero-order valence-electron chi connectivity index (χ0n) is 13.0. The summed E-state index contributed by atoms with van der Waals surface area (Å²) in [6.45, 7) is 7.46. The lowest BCUT2D eigenvalue weighted by Crippen LogP contribution is -2.51. The van der Waals surface area contributed by atoms with Gasteiger partial charge in [-0.15, -0.1) is 0 Å². The van der Waals surface area contributed by atoms with E-state index in [-0.39, 0.29) is 12.0 Å². The molecule has 0 bridgehead atoms. The number of ether oxygens (including phenoxy) is 1. The zero-order valence-corrected chi connectivity index (χ0v) is 14.6. The van der Waals surface area contributed by atoms with Crippen molar-refractivity contribution in [2.24, 2.45) is 0 Å². The standard InChI is InChI=1S/C15H20BrN3O3/c1-15(2,3)22-14(21)19-8-6-18(7-9-19)13(20)11-4-5-12(16)17-10-11/h4-5,10H,6-9H2,1-3H3. The molecule has 0 aliphatic carbocycles. The minimum atomic E-state index is -0.507. The van der Waals surface area contributed by atoms with Gasteiger partial charge < -0.3 is 14.5 Å². The van der Waals surface area contributed by atoms with E-state index >= 15 is 0 Å². The summed E-state index contributed by atoms with van der Waals surface area (Å²) in [5.41, 5.74) is 0.0431. The van der Waals surface area contributed by atoms with Crippen LogP contribution in [0.4, 0.5) is 4.79 Å². The van der Waals surface area contributed by atoms with Crippen LogP contribution in [0.15, 0.2) is 22.9 Å². The van der Waals surface area contributed by atoms with Crippen LogP contribution >= 0.6 is 15.9 Å². The monoisotopic (exact) mass is 369 g/mol. The number of rotatable bonds is 1. The summed E-state index contributed by atoms with van der Waals surface area (Å²) in [7, 11) is 0. The maximum Gasteiger partial charge on any atom is 0.410 e. The molecule has 0 atom stereocenters. The topological polar surface area (TPSA) is 62.7 Å². The summed E-state index contributed by atoms with van der Waals surface area (Å²) in [5, 5.41) is 0. The smallest absolute Gasteiger partial charge is 0.410 e. The van der Waals surface area contributed by atoms with Gasteiger partial charge in [-0.3, -0.25) is 4.79 Å². The fraction of sp³-hybridized carbons (Fsp3) is 0.533. The number of nitrogens with zero attached hydrogens (tertiary/aromatic N) is 3. The van der Waals surface area contributed by atoms with E-state index in [9.17, 15) is 9.59 Å². The van der Waals surface area contributed by atoms with Crippen molar-refractivity contribution in [2.75, 3.05) is 26.2 Å². The highest BCUT2D eigenvalue weighted by Crippen LogP contribution is 2.14. The Morgan fingerprint density at radius 2 is 1.73 bits per heavy atom. The molecule has 1 aromatic rings. The van der Waals surface area contributed by atoms with E-state index in [4.69, 9.17) is 4.74 Å². The number of carbonyl (C=O) groups is 2. The van der Waals surface area contributed by atoms with Crippen molar-refractivity contribution in [3.8, 4) is 0 Å². The van der Waals surface area contributed by atoms with Gasteiger partial charge in [0.25, 0.3) is 5.91 Å². The second-order valence-electron chi connectivity index (χ2n) is 6.13. The Labute approximate surface area is 138 Å². The number of hydrogen-bond donors (Lipinski definition) is 0. The highest BCUT2D eigenvalue weighted by atomic mass is 79.9. The third-order valence-electron chi connectivity index (χ3n) is 3.19. The minimum absolute atomic E-state index is 0.0659. The highest BCUT2D eigenvalue weighted by Gasteiger charge is 2.28. The summed E-state index contributed by atoms with van der Waals surface area (Å²) in [6, 6.07) is 3.48. The lowest BCUT2D eigenvalue weighted by atomic mass is 10.2. The average Bonchev–Trinajstić information content (AvgIpc) is 2.46. The number of aromatic nitrogens is 1. The first-order valence-corrected chi connectivity index (χ1v) is 7.94. The van der Waals surface area contributed by atoms with Crippen LogP contribution < -0.4 is 0 Å². The molecular weight excluding hydrogens is 350 g/mol. The molecule has 6 nitrogen and oxygen atoms in total. The van der Waals surface area contributed by atoms with Gasteiger partial charge in [0, 0.05) is 32.4 Å². The van der Waals surface area contributed by atoms with Crippen LogP contribution in [0, 0.1) is 0 Å². The molecule has 0 N–H and O–H groups in total. The van der Waals surface area contributed by atoms with Crippen molar-refractivity contribution in [3.05, 3.63) is 28.5 Å². The van der Waals surface area contributed by atoms with Crippen LogP contribution in [0.5, 0.6) is 0 Å². The second kappa shape index (κ2) is 6.64. The van der Waals surface area contributed by atoms with Crippen molar-refractivity contribution < 1.29 is 14.3 Å². The van der Waals surface area contributed by atoms with Gasteiger partial charge in [0.1, 0.15) is 10.2 Å². The van der Waals surface area contributed by atoms with E-state index < -0.39 is 5.60 Å². The van der Waals surface area contributed by atoms with E-state index in [1.54, 1.807) is 28.1 Å². The molecule has 0 aromatic carbocycles. The Balaban J connectivity index is 1.90. The average molecular weight is 370 g/mol. The summed E-state index contributed by atoms with van der Waals surface area (Å²) in [4.78, 5) is 31.8. The molecule has 1 fully saturated rings. The molecule has 0 spiro atoms. The lowest BCUT2D eigenvalue weighted by Gasteiger charge is -2.35. The number of amides is 2. The first-order valence-electron chi connectivity index (χ1n) is 7.15. The molecule has 1 saturated heterocycles. The predicted molar refractivity (Wildman–Crippen MR) is 85.6 cm³/mol. The molecule has 0 radical (unpaired) electrons. The van der Waals surface area contributed by atoms with Gasteiger partial charge in [-0.25, -0.2) is 9.78 Å². The van der Waals surface area contributed by atoms with E-state index in [2.05, 4.69) is 20.9 Å². The number of piperazine rings is 1. The molecule has 1 aliphatic heterocycles. The first kappa shape index (κ1) is 16.7. The summed E-state index contributed by atoms with van der Waals surface area (Å²) in [6.07, 6.45) is 1.22. The van der Waals surface area contributed by atoms with Crippen LogP contribution in [-0.4, -0.2) is 58.6 Å². The van der Waals surface area contributed by atoms with Gasteiger partial charge in [0.2, 0.25) is 0 Å². The largest absolute Gasteiger partial charge is 0.444 e. The summed E-state index contributed by atoms with van der Waals surface area (Å²) < 4.78 is 6.03. The molecule has 2 amide bonds. The molecular formula is C15H20BrN3O3. The molecule has 1 aromatic heterocycles. The van der Waals surface area contributed by atoms with Crippen LogP contribution in [0.1, 0.15) is 31.1 Å². The normalized spacial score (nSPS) is 15.6. The number of pyridine rings is 1. The van der Waals surface area contributed by atoms with Crippen molar-refractivity contribution in [1.29, 1.82) is 0 Å². The molecule has 22 heavy (non-hydrogen) atoms. The fourth-order valence-corrected chi connectivity index (χ4v) is 2.34. The maximum atomic E-state index is 12.4. The van der Waals surface area contributed by atoms with Crippen molar-refractivity contribution in [1.82, 2.24) is 14.8 Å². The molecule has 2 rings (SSSR count). The van der Waals surface area contributed by atoms with E-state index in [0.717, 1.165) is 0 Å². The lowest BCUT2D eigenvalue weighted by molar-refractivity contribution is 0.0141. The summed E-state index contributed by atoms with van der Waals surface area (Å²) in [5.74, 6) is -0.0659. The second-order valence-corrected chi connectivity index (χ2v) is 6.94. The first-order chi connectivity index (χ1) is 10.3. The number of halogens is 1. The molecule has 1 aliphatic rings. The van der Waals surface area contributed by atoms with Crippen molar-refractivity contribution >= 4 is 27.9 Å². The molecule has 7 heteroatoms. The maximum absolute atomic E-state index is 12.4. The van der Waals surface area contributed by atoms with Gasteiger partial charge >= 0.3 is 6.09 Å². The number of hydrogen-bond acceptors (Lipinski definition) is 4. The van der Waals surface area contributed by atoms with Crippen LogP contribution in [0.3, 0.4) is 0 Å². The van der Waals surface area contributed by atoms with E-state index in [1.807, 2.05) is 20.8 Å².